The van der Waals surface area contributed by atoms with Crippen molar-refractivity contribution < 1.29 is 9.18 Å². The Labute approximate surface area is 165 Å². The molecular formula is C22H27FN4O. The lowest BCUT2D eigenvalue weighted by atomic mass is 10.0. The van der Waals surface area contributed by atoms with Crippen molar-refractivity contribution in [1.29, 1.82) is 0 Å². The Morgan fingerprint density at radius 3 is 2.61 bits per heavy atom. The van der Waals surface area contributed by atoms with Gasteiger partial charge in [-0.2, -0.15) is 0 Å². The molecule has 4 rings (SSSR count). The first-order valence-electron chi connectivity index (χ1n) is 10.2. The first-order chi connectivity index (χ1) is 13.7. The van der Waals surface area contributed by atoms with Crippen molar-refractivity contribution in [3.63, 3.8) is 0 Å². The third kappa shape index (κ3) is 4.17. The average Bonchev–Trinajstić information content (AvgIpc) is 3.03. The fraction of sp³-hybridized carbons (Fsp3) is 0.455. The number of anilines is 1. The summed E-state index contributed by atoms with van der Waals surface area (Å²) < 4.78 is 13.7. The Kier molecular flexibility index (Phi) is 5.86. The van der Waals surface area contributed by atoms with E-state index in [1.807, 2.05) is 23.1 Å². The Morgan fingerprint density at radius 2 is 1.89 bits per heavy atom. The molecule has 0 aliphatic carbocycles. The van der Waals surface area contributed by atoms with Gasteiger partial charge >= 0.3 is 0 Å². The van der Waals surface area contributed by atoms with Gasteiger partial charge in [0.1, 0.15) is 11.6 Å². The minimum atomic E-state index is -0.279. The Morgan fingerprint density at radius 1 is 1.07 bits per heavy atom. The van der Waals surface area contributed by atoms with E-state index in [2.05, 4.69) is 15.2 Å². The average molecular weight is 382 g/mol. The van der Waals surface area contributed by atoms with E-state index < -0.39 is 0 Å². The van der Waals surface area contributed by atoms with Crippen LogP contribution in [-0.4, -0.2) is 48.5 Å². The molecule has 28 heavy (non-hydrogen) atoms. The number of carbonyl (C=O) groups excluding carboxylic acids is 1. The summed E-state index contributed by atoms with van der Waals surface area (Å²) >= 11 is 0. The fourth-order valence-electron chi connectivity index (χ4n) is 4.12. The predicted molar refractivity (Wildman–Crippen MR) is 108 cm³/mol. The smallest absolute Gasteiger partial charge is 0.256 e. The number of nitrogens with zero attached hydrogens (tertiary/aromatic N) is 3. The molecule has 1 atom stereocenters. The van der Waals surface area contributed by atoms with E-state index in [9.17, 15) is 9.18 Å². The normalized spacial score (nSPS) is 20.7. The van der Waals surface area contributed by atoms with Crippen LogP contribution in [0.5, 0.6) is 0 Å². The van der Waals surface area contributed by atoms with Crippen LogP contribution >= 0.6 is 0 Å². The zero-order chi connectivity index (χ0) is 19.3. The van der Waals surface area contributed by atoms with Crippen LogP contribution in [0.2, 0.25) is 0 Å². The van der Waals surface area contributed by atoms with Crippen LogP contribution in [0.25, 0.3) is 0 Å². The highest BCUT2D eigenvalue weighted by Gasteiger charge is 2.29. The van der Waals surface area contributed by atoms with E-state index in [-0.39, 0.29) is 17.8 Å². The van der Waals surface area contributed by atoms with E-state index in [4.69, 9.17) is 0 Å². The molecule has 2 aliphatic heterocycles. The number of amides is 1. The summed E-state index contributed by atoms with van der Waals surface area (Å²) in [5, 5.41) is 3.31. The van der Waals surface area contributed by atoms with Gasteiger partial charge in [0, 0.05) is 38.9 Å². The summed E-state index contributed by atoms with van der Waals surface area (Å²) in [6.45, 7) is 4.00. The number of benzene rings is 1. The van der Waals surface area contributed by atoms with Gasteiger partial charge in [-0.05, 0) is 42.7 Å². The van der Waals surface area contributed by atoms with E-state index >= 15 is 0 Å². The van der Waals surface area contributed by atoms with Gasteiger partial charge in [0.2, 0.25) is 0 Å². The van der Waals surface area contributed by atoms with Gasteiger partial charge in [-0.3, -0.25) is 4.79 Å². The molecule has 0 saturated carbocycles. The van der Waals surface area contributed by atoms with Gasteiger partial charge < -0.3 is 15.1 Å². The molecule has 1 unspecified atom stereocenters. The SMILES string of the molecule is O=C(c1ccc(N2CCCCCC2)nc1)N1CCNCC1c1cccc(F)c1. The van der Waals surface area contributed by atoms with Crippen LogP contribution in [0.1, 0.15) is 47.6 Å². The highest BCUT2D eigenvalue weighted by Crippen LogP contribution is 2.25. The van der Waals surface area contributed by atoms with E-state index in [0.29, 0.717) is 18.7 Å². The molecule has 148 valence electrons. The number of piperazine rings is 1. The highest BCUT2D eigenvalue weighted by molar-refractivity contribution is 5.94. The van der Waals surface area contributed by atoms with Crippen molar-refractivity contribution in [3.05, 3.63) is 59.5 Å². The Bertz CT molecular complexity index is 802. The number of aromatic nitrogens is 1. The summed E-state index contributed by atoms with van der Waals surface area (Å²) in [7, 11) is 0. The maximum Gasteiger partial charge on any atom is 0.256 e. The number of hydrogen-bond donors (Lipinski definition) is 1. The maximum absolute atomic E-state index is 13.7. The Balaban J connectivity index is 1.52. The second kappa shape index (κ2) is 8.69. The van der Waals surface area contributed by atoms with E-state index in [0.717, 1.165) is 31.0 Å². The van der Waals surface area contributed by atoms with Crippen molar-refractivity contribution >= 4 is 11.7 Å². The lowest BCUT2D eigenvalue weighted by molar-refractivity contribution is 0.0633. The lowest BCUT2D eigenvalue weighted by Crippen LogP contribution is -2.48. The molecule has 2 aromatic rings. The molecule has 3 heterocycles. The van der Waals surface area contributed by atoms with Crippen LogP contribution in [0, 0.1) is 5.82 Å². The molecule has 0 bridgehead atoms. The molecule has 2 aliphatic rings. The molecule has 2 saturated heterocycles. The molecule has 1 amide bonds. The standard InChI is InChI=1S/C22H27FN4O/c23-19-7-5-6-17(14-19)20-16-24-10-13-27(20)22(28)18-8-9-21(25-15-18)26-11-3-1-2-4-12-26/h5-9,14-15,20,24H,1-4,10-13,16H2. The van der Waals surface area contributed by atoms with Gasteiger partial charge in [-0.25, -0.2) is 9.37 Å². The second-order valence-electron chi connectivity index (χ2n) is 7.58. The number of hydrogen-bond acceptors (Lipinski definition) is 4. The first kappa shape index (κ1) is 18.9. The van der Waals surface area contributed by atoms with Gasteiger partial charge in [0.15, 0.2) is 0 Å². The van der Waals surface area contributed by atoms with Crippen molar-refractivity contribution in [1.82, 2.24) is 15.2 Å². The molecule has 2 fully saturated rings. The first-order valence-corrected chi connectivity index (χ1v) is 10.2. The molecule has 6 heteroatoms. The molecule has 5 nitrogen and oxygen atoms in total. The van der Waals surface area contributed by atoms with E-state index in [1.165, 1.54) is 37.8 Å². The minimum absolute atomic E-state index is 0.0503. The quantitative estimate of drug-likeness (QED) is 0.884. The van der Waals surface area contributed by atoms with Crippen molar-refractivity contribution in [3.8, 4) is 0 Å². The monoisotopic (exact) mass is 382 g/mol. The van der Waals surface area contributed by atoms with Gasteiger partial charge in [-0.1, -0.05) is 25.0 Å². The topological polar surface area (TPSA) is 48.5 Å². The number of pyridine rings is 1. The van der Waals surface area contributed by atoms with Crippen LogP contribution < -0.4 is 10.2 Å². The highest BCUT2D eigenvalue weighted by atomic mass is 19.1. The number of rotatable bonds is 3. The van der Waals surface area contributed by atoms with Crippen LogP contribution in [-0.2, 0) is 0 Å². The van der Waals surface area contributed by atoms with Gasteiger partial charge in [0.05, 0.1) is 11.6 Å². The van der Waals surface area contributed by atoms with Crippen LogP contribution in [0.15, 0.2) is 42.6 Å². The fourth-order valence-corrected chi connectivity index (χ4v) is 4.12. The third-order valence-corrected chi connectivity index (χ3v) is 5.66. The second-order valence-corrected chi connectivity index (χ2v) is 7.58. The summed E-state index contributed by atoms with van der Waals surface area (Å²) in [5.41, 5.74) is 1.40. The summed E-state index contributed by atoms with van der Waals surface area (Å²) in [6, 6.07) is 10.2. The maximum atomic E-state index is 13.7. The predicted octanol–water partition coefficient (Wildman–Crippen LogP) is 3.39. The minimum Gasteiger partial charge on any atom is -0.357 e. The number of halogens is 1. The van der Waals surface area contributed by atoms with Crippen LogP contribution in [0.4, 0.5) is 10.2 Å². The lowest BCUT2D eigenvalue weighted by Gasteiger charge is -2.36. The van der Waals surface area contributed by atoms with E-state index in [1.54, 1.807) is 12.3 Å². The van der Waals surface area contributed by atoms with Crippen molar-refractivity contribution in [2.24, 2.45) is 0 Å². The summed E-state index contributed by atoms with van der Waals surface area (Å²) in [6.07, 6.45) is 6.62. The molecule has 0 spiro atoms. The van der Waals surface area contributed by atoms with Gasteiger partial charge in [0.25, 0.3) is 5.91 Å². The Hall–Kier alpha value is -2.47. The number of carbonyl (C=O) groups is 1. The molecule has 1 aromatic heterocycles. The largest absolute Gasteiger partial charge is 0.357 e. The summed E-state index contributed by atoms with van der Waals surface area (Å²) in [5.74, 6) is 0.616. The molecular weight excluding hydrogens is 355 g/mol. The zero-order valence-electron chi connectivity index (χ0n) is 16.1. The van der Waals surface area contributed by atoms with Crippen molar-refractivity contribution in [2.45, 2.75) is 31.7 Å². The number of nitrogens with one attached hydrogen (secondary N) is 1. The zero-order valence-corrected chi connectivity index (χ0v) is 16.1. The third-order valence-electron chi connectivity index (χ3n) is 5.66. The summed E-state index contributed by atoms with van der Waals surface area (Å²) in [4.78, 5) is 21.9. The molecule has 1 N–H and O–H groups in total. The van der Waals surface area contributed by atoms with Gasteiger partial charge in [-0.15, -0.1) is 0 Å². The van der Waals surface area contributed by atoms with Crippen molar-refractivity contribution in [2.75, 3.05) is 37.6 Å². The van der Waals surface area contributed by atoms with Crippen LogP contribution in [0.3, 0.4) is 0 Å². The molecule has 1 aromatic carbocycles. The molecule has 0 radical (unpaired) electrons.